The highest BCUT2D eigenvalue weighted by atomic mass is 19.1. The van der Waals surface area contributed by atoms with Crippen LogP contribution in [-0.4, -0.2) is 53.8 Å². The Morgan fingerprint density at radius 3 is 2.00 bits per heavy atom. The molecule has 0 amide bonds. The highest BCUT2D eigenvalue weighted by molar-refractivity contribution is 5.99. The molecule has 20 heavy (non-hydrogen) atoms. The average molecular weight is 278 g/mol. The van der Waals surface area contributed by atoms with Gasteiger partial charge in [0.2, 0.25) is 0 Å². The molecule has 0 aromatic heterocycles. The van der Waals surface area contributed by atoms with Crippen molar-refractivity contribution in [2.75, 3.05) is 26.2 Å². The summed E-state index contributed by atoms with van der Waals surface area (Å²) in [5.41, 5.74) is 0.588. The molecule has 0 bridgehead atoms. The summed E-state index contributed by atoms with van der Waals surface area (Å²) in [5.74, 6) is -0.234. The molecule has 0 N–H and O–H groups in total. The normalized spacial score (nSPS) is 19.2. The maximum atomic E-state index is 12.9. The van der Waals surface area contributed by atoms with E-state index in [2.05, 4.69) is 23.6 Å². The lowest BCUT2D eigenvalue weighted by atomic mass is 10.0. The van der Waals surface area contributed by atoms with Crippen molar-refractivity contribution in [2.45, 2.75) is 32.9 Å². The number of carbonyl (C=O) groups excluding carboxylic acids is 1. The van der Waals surface area contributed by atoms with Crippen LogP contribution in [0.4, 0.5) is 4.39 Å². The number of halogens is 1. The summed E-state index contributed by atoms with van der Waals surface area (Å²) in [6.07, 6.45) is 0. The van der Waals surface area contributed by atoms with E-state index in [1.54, 1.807) is 12.1 Å². The van der Waals surface area contributed by atoms with Crippen molar-refractivity contribution in [3.8, 4) is 0 Å². The van der Waals surface area contributed by atoms with E-state index < -0.39 is 0 Å². The van der Waals surface area contributed by atoms with Crippen LogP contribution in [0.5, 0.6) is 0 Å². The molecule has 0 spiro atoms. The van der Waals surface area contributed by atoms with Crippen LogP contribution in [-0.2, 0) is 0 Å². The number of benzene rings is 1. The van der Waals surface area contributed by atoms with Gasteiger partial charge in [0.1, 0.15) is 5.82 Å². The predicted octanol–water partition coefficient (Wildman–Crippen LogP) is 2.42. The first-order valence-electron chi connectivity index (χ1n) is 7.27. The van der Waals surface area contributed by atoms with Gasteiger partial charge in [-0.2, -0.15) is 0 Å². The van der Waals surface area contributed by atoms with Crippen molar-refractivity contribution in [3.05, 3.63) is 35.6 Å². The maximum Gasteiger partial charge on any atom is 0.179 e. The van der Waals surface area contributed by atoms with Crippen LogP contribution in [0.15, 0.2) is 24.3 Å². The SMILES string of the molecule is CC(C)N1CCN(C(C)C(=O)c2ccc(F)cc2)CC1. The molecule has 1 aliphatic heterocycles. The molecule has 2 rings (SSSR count). The third-order valence-corrected chi connectivity index (χ3v) is 4.14. The highest BCUT2D eigenvalue weighted by Gasteiger charge is 2.26. The van der Waals surface area contributed by atoms with Gasteiger partial charge in [0.25, 0.3) is 0 Å². The lowest BCUT2D eigenvalue weighted by Crippen LogP contribution is -2.53. The third kappa shape index (κ3) is 3.44. The van der Waals surface area contributed by atoms with Crippen LogP contribution in [0.3, 0.4) is 0 Å². The Kier molecular flexibility index (Phi) is 4.89. The molecule has 1 aromatic carbocycles. The molecule has 1 aliphatic rings. The average Bonchev–Trinajstić information content (AvgIpc) is 2.46. The van der Waals surface area contributed by atoms with Crippen molar-refractivity contribution in [1.29, 1.82) is 0 Å². The van der Waals surface area contributed by atoms with Crippen LogP contribution in [0.25, 0.3) is 0 Å². The molecule has 1 fully saturated rings. The third-order valence-electron chi connectivity index (χ3n) is 4.14. The van der Waals surface area contributed by atoms with Gasteiger partial charge in [0.05, 0.1) is 6.04 Å². The standard InChI is InChI=1S/C16H23FN2O/c1-12(2)18-8-10-19(11-9-18)13(3)16(20)14-4-6-15(17)7-5-14/h4-7,12-13H,8-11H2,1-3H3. The van der Waals surface area contributed by atoms with Gasteiger partial charge >= 0.3 is 0 Å². The van der Waals surface area contributed by atoms with E-state index in [1.807, 2.05) is 6.92 Å². The van der Waals surface area contributed by atoms with Gasteiger partial charge in [0, 0.05) is 37.8 Å². The molecular formula is C16H23FN2O. The summed E-state index contributed by atoms with van der Waals surface area (Å²) in [5, 5.41) is 0. The number of piperazine rings is 1. The van der Waals surface area contributed by atoms with E-state index in [0.717, 1.165) is 26.2 Å². The second kappa shape index (κ2) is 6.46. The first-order chi connectivity index (χ1) is 9.49. The van der Waals surface area contributed by atoms with Gasteiger partial charge in [-0.3, -0.25) is 14.6 Å². The zero-order chi connectivity index (χ0) is 14.7. The largest absolute Gasteiger partial charge is 0.298 e. The van der Waals surface area contributed by atoms with Gasteiger partial charge in [-0.1, -0.05) is 0 Å². The summed E-state index contributed by atoms with van der Waals surface area (Å²) in [4.78, 5) is 17.0. The Bertz CT molecular complexity index is 450. The molecule has 0 aliphatic carbocycles. The summed E-state index contributed by atoms with van der Waals surface area (Å²) < 4.78 is 12.9. The number of Topliss-reactive ketones (excluding diaryl/α,β-unsaturated/α-hetero) is 1. The van der Waals surface area contributed by atoms with Crippen LogP contribution < -0.4 is 0 Å². The monoisotopic (exact) mass is 278 g/mol. The molecule has 0 saturated carbocycles. The van der Waals surface area contributed by atoms with Gasteiger partial charge in [-0.15, -0.1) is 0 Å². The van der Waals surface area contributed by atoms with Crippen LogP contribution >= 0.6 is 0 Å². The maximum absolute atomic E-state index is 12.9. The van der Waals surface area contributed by atoms with Gasteiger partial charge in [-0.25, -0.2) is 4.39 Å². The molecule has 1 saturated heterocycles. The molecule has 1 heterocycles. The summed E-state index contributed by atoms with van der Waals surface area (Å²) in [6.45, 7) is 10.2. The second-order valence-corrected chi connectivity index (χ2v) is 5.71. The van der Waals surface area contributed by atoms with E-state index >= 15 is 0 Å². The summed E-state index contributed by atoms with van der Waals surface area (Å²) in [7, 11) is 0. The second-order valence-electron chi connectivity index (χ2n) is 5.71. The van der Waals surface area contributed by atoms with Crippen LogP contribution in [0.1, 0.15) is 31.1 Å². The van der Waals surface area contributed by atoms with Gasteiger partial charge in [-0.05, 0) is 45.0 Å². The quantitative estimate of drug-likeness (QED) is 0.790. The highest BCUT2D eigenvalue weighted by Crippen LogP contribution is 2.13. The topological polar surface area (TPSA) is 23.6 Å². The van der Waals surface area contributed by atoms with E-state index in [4.69, 9.17) is 0 Å². The van der Waals surface area contributed by atoms with E-state index in [-0.39, 0.29) is 17.6 Å². The molecule has 1 atom stereocenters. The van der Waals surface area contributed by atoms with Crippen molar-refractivity contribution in [3.63, 3.8) is 0 Å². The Labute approximate surface area is 120 Å². The fourth-order valence-corrected chi connectivity index (χ4v) is 2.66. The van der Waals surface area contributed by atoms with Crippen molar-refractivity contribution >= 4 is 5.78 Å². The Morgan fingerprint density at radius 2 is 1.50 bits per heavy atom. The zero-order valence-electron chi connectivity index (χ0n) is 12.5. The summed E-state index contributed by atoms with van der Waals surface area (Å²) >= 11 is 0. The fraction of sp³-hybridized carbons (Fsp3) is 0.562. The summed E-state index contributed by atoms with van der Waals surface area (Å²) in [6, 6.07) is 6.24. The molecule has 0 radical (unpaired) electrons. The molecule has 1 aromatic rings. The smallest absolute Gasteiger partial charge is 0.179 e. The van der Waals surface area contributed by atoms with Crippen LogP contribution in [0, 0.1) is 5.82 Å². The van der Waals surface area contributed by atoms with Crippen LogP contribution in [0.2, 0.25) is 0 Å². The minimum atomic E-state index is -0.306. The lowest BCUT2D eigenvalue weighted by Gasteiger charge is -2.39. The minimum Gasteiger partial charge on any atom is -0.298 e. The van der Waals surface area contributed by atoms with Crippen molar-refractivity contribution in [2.24, 2.45) is 0 Å². The zero-order valence-corrected chi connectivity index (χ0v) is 12.5. The number of ketones is 1. The molecule has 3 nitrogen and oxygen atoms in total. The number of hydrogen-bond acceptors (Lipinski definition) is 3. The van der Waals surface area contributed by atoms with Gasteiger partial charge in [0.15, 0.2) is 5.78 Å². The number of rotatable bonds is 4. The minimum absolute atomic E-state index is 0.0722. The first-order valence-corrected chi connectivity index (χ1v) is 7.27. The molecule has 1 unspecified atom stereocenters. The Balaban J connectivity index is 1.96. The Morgan fingerprint density at radius 1 is 1.00 bits per heavy atom. The lowest BCUT2D eigenvalue weighted by molar-refractivity contribution is 0.0639. The van der Waals surface area contributed by atoms with E-state index in [0.29, 0.717) is 11.6 Å². The first kappa shape index (κ1) is 15.1. The van der Waals surface area contributed by atoms with E-state index in [1.165, 1.54) is 12.1 Å². The molecule has 4 heteroatoms. The number of carbonyl (C=O) groups is 1. The fourth-order valence-electron chi connectivity index (χ4n) is 2.66. The van der Waals surface area contributed by atoms with Crippen molar-refractivity contribution < 1.29 is 9.18 Å². The number of nitrogens with zero attached hydrogens (tertiary/aromatic N) is 2. The molecular weight excluding hydrogens is 255 g/mol. The number of hydrogen-bond donors (Lipinski definition) is 0. The Hall–Kier alpha value is -1.26. The van der Waals surface area contributed by atoms with Gasteiger partial charge < -0.3 is 0 Å². The van der Waals surface area contributed by atoms with Crippen molar-refractivity contribution in [1.82, 2.24) is 9.80 Å². The predicted molar refractivity (Wildman–Crippen MR) is 78.5 cm³/mol. The van der Waals surface area contributed by atoms with E-state index in [9.17, 15) is 9.18 Å². The molecule has 110 valence electrons.